The molecule has 1 unspecified atom stereocenters. The molecule has 13 heavy (non-hydrogen) atoms. The molecular formula is C11H18O2. The Labute approximate surface area is 79.7 Å². The van der Waals surface area contributed by atoms with Crippen LogP contribution in [-0.4, -0.2) is 11.6 Å². The van der Waals surface area contributed by atoms with Gasteiger partial charge in [-0.05, 0) is 19.3 Å². The summed E-state index contributed by atoms with van der Waals surface area (Å²) in [7, 11) is 0. The lowest BCUT2D eigenvalue weighted by molar-refractivity contribution is -0.130. The van der Waals surface area contributed by atoms with Gasteiger partial charge < -0.3 is 0 Å². The first-order valence-electron chi connectivity index (χ1n) is 5.28. The molecule has 1 saturated carbocycles. The average Bonchev–Trinajstić information content (AvgIpc) is 2.14. The van der Waals surface area contributed by atoms with Crippen LogP contribution < -0.4 is 0 Å². The highest BCUT2D eigenvalue weighted by molar-refractivity contribution is 5.88. The summed E-state index contributed by atoms with van der Waals surface area (Å²) in [5.41, 5.74) is 0. The van der Waals surface area contributed by atoms with Gasteiger partial charge in [-0.1, -0.05) is 13.3 Å². The minimum absolute atomic E-state index is 0.0628. The lowest BCUT2D eigenvalue weighted by Gasteiger charge is -2.19. The summed E-state index contributed by atoms with van der Waals surface area (Å²) in [5, 5.41) is 0. The van der Waals surface area contributed by atoms with Crippen LogP contribution in [-0.2, 0) is 9.59 Å². The minimum Gasteiger partial charge on any atom is -0.300 e. The Hall–Kier alpha value is -0.660. The quantitative estimate of drug-likeness (QED) is 0.669. The van der Waals surface area contributed by atoms with Gasteiger partial charge >= 0.3 is 0 Å². The normalized spacial score (nSPS) is 23.2. The van der Waals surface area contributed by atoms with Gasteiger partial charge in [0.15, 0.2) is 0 Å². The number of unbranched alkanes of at least 4 members (excludes halogenated alkanes) is 1. The van der Waals surface area contributed by atoms with Crippen molar-refractivity contribution in [1.29, 1.82) is 0 Å². The SMILES string of the molecule is CCCCC(=O)C1CCCC(=O)C1. The molecule has 0 saturated heterocycles. The van der Waals surface area contributed by atoms with E-state index < -0.39 is 0 Å². The van der Waals surface area contributed by atoms with E-state index in [2.05, 4.69) is 6.92 Å². The first-order valence-corrected chi connectivity index (χ1v) is 5.28. The molecule has 0 aliphatic heterocycles. The van der Waals surface area contributed by atoms with Gasteiger partial charge in [-0.2, -0.15) is 0 Å². The minimum atomic E-state index is 0.0628. The molecule has 2 nitrogen and oxygen atoms in total. The summed E-state index contributed by atoms with van der Waals surface area (Å²) < 4.78 is 0. The monoisotopic (exact) mass is 182 g/mol. The zero-order chi connectivity index (χ0) is 9.68. The number of rotatable bonds is 4. The summed E-state index contributed by atoms with van der Waals surface area (Å²) in [6.45, 7) is 2.08. The molecule has 1 aliphatic carbocycles. The van der Waals surface area contributed by atoms with Gasteiger partial charge in [0.1, 0.15) is 11.6 Å². The molecular weight excluding hydrogens is 164 g/mol. The first-order chi connectivity index (χ1) is 6.24. The summed E-state index contributed by atoms with van der Waals surface area (Å²) >= 11 is 0. The predicted octanol–water partition coefficient (Wildman–Crippen LogP) is 2.51. The highest BCUT2D eigenvalue weighted by atomic mass is 16.1. The highest BCUT2D eigenvalue weighted by Crippen LogP contribution is 2.23. The van der Waals surface area contributed by atoms with Gasteiger partial charge in [0.05, 0.1) is 0 Å². The molecule has 0 N–H and O–H groups in total. The predicted molar refractivity (Wildman–Crippen MR) is 51.5 cm³/mol. The van der Waals surface area contributed by atoms with Gasteiger partial charge in [-0.25, -0.2) is 0 Å². The second-order valence-corrected chi connectivity index (χ2v) is 3.90. The number of hydrogen-bond acceptors (Lipinski definition) is 2. The van der Waals surface area contributed by atoms with E-state index in [1.165, 1.54) is 0 Å². The topological polar surface area (TPSA) is 34.1 Å². The third kappa shape index (κ3) is 3.29. The molecule has 0 spiro atoms. The van der Waals surface area contributed by atoms with Crippen LogP contribution in [0.3, 0.4) is 0 Å². The molecule has 0 heterocycles. The van der Waals surface area contributed by atoms with Crippen molar-refractivity contribution < 1.29 is 9.59 Å². The molecule has 1 aliphatic rings. The van der Waals surface area contributed by atoms with E-state index in [9.17, 15) is 9.59 Å². The Morgan fingerprint density at radius 2 is 2.31 bits per heavy atom. The van der Waals surface area contributed by atoms with Crippen molar-refractivity contribution in [2.24, 2.45) is 5.92 Å². The zero-order valence-corrected chi connectivity index (χ0v) is 8.34. The zero-order valence-electron chi connectivity index (χ0n) is 8.34. The van der Waals surface area contributed by atoms with Crippen molar-refractivity contribution in [3.8, 4) is 0 Å². The van der Waals surface area contributed by atoms with Crippen molar-refractivity contribution in [3.05, 3.63) is 0 Å². The lowest BCUT2D eigenvalue weighted by atomic mass is 9.84. The van der Waals surface area contributed by atoms with Crippen LogP contribution in [0.25, 0.3) is 0 Å². The number of carbonyl (C=O) groups is 2. The number of ketones is 2. The van der Waals surface area contributed by atoms with Crippen LogP contribution in [0.15, 0.2) is 0 Å². The summed E-state index contributed by atoms with van der Waals surface area (Å²) in [6.07, 6.45) is 5.78. The van der Waals surface area contributed by atoms with Crippen molar-refractivity contribution in [1.82, 2.24) is 0 Å². The van der Waals surface area contributed by atoms with Crippen molar-refractivity contribution in [3.63, 3.8) is 0 Å². The van der Waals surface area contributed by atoms with E-state index in [4.69, 9.17) is 0 Å². The van der Waals surface area contributed by atoms with Crippen molar-refractivity contribution >= 4 is 11.6 Å². The second kappa shape index (κ2) is 5.15. The summed E-state index contributed by atoms with van der Waals surface area (Å²) in [6, 6.07) is 0. The van der Waals surface area contributed by atoms with Crippen LogP contribution in [0.1, 0.15) is 51.9 Å². The molecule has 0 aromatic heterocycles. The molecule has 74 valence electrons. The van der Waals surface area contributed by atoms with Crippen LogP contribution in [0.5, 0.6) is 0 Å². The third-order valence-corrected chi connectivity index (χ3v) is 2.71. The summed E-state index contributed by atoms with van der Waals surface area (Å²) in [5.74, 6) is 0.656. The third-order valence-electron chi connectivity index (χ3n) is 2.71. The summed E-state index contributed by atoms with van der Waals surface area (Å²) in [4.78, 5) is 22.6. The van der Waals surface area contributed by atoms with Gasteiger partial charge in [0, 0.05) is 25.2 Å². The van der Waals surface area contributed by atoms with E-state index in [-0.39, 0.29) is 11.7 Å². The van der Waals surface area contributed by atoms with Crippen LogP contribution in [0.4, 0.5) is 0 Å². The lowest BCUT2D eigenvalue weighted by Crippen LogP contribution is -2.22. The molecule has 2 heteroatoms. The standard InChI is InChI=1S/C11H18O2/c1-2-3-7-11(13)9-5-4-6-10(12)8-9/h9H,2-8H2,1H3. The molecule has 1 atom stereocenters. The van der Waals surface area contributed by atoms with E-state index in [0.29, 0.717) is 25.0 Å². The molecule has 1 rings (SSSR count). The van der Waals surface area contributed by atoms with Gasteiger partial charge in [-0.3, -0.25) is 9.59 Å². The van der Waals surface area contributed by atoms with Crippen LogP contribution >= 0.6 is 0 Å². The van der Waals surface area contributed by atoms with E-state index in [1.54, 1.807) is 0 Å². The van der Waals surface area contributed by atoms with Gasteiger partial charge in [-0.15, -0.1) is 0 Å². The smallest absolute Gasteiger partial charge is 0.136 e. The van der Waals surface area contributed by atoms with E-state index in [0.717, 1.165) is 25.7 Å². The maximum absolute atomic E-state index is 11.6. The maximum Gasteiger partial charge on any atom is 0.136 e. The Balaban J connectivity index is 2.32. The first kappa shape index (κ1) is 10.4. The van der Waals surface area contributed by atoms with Gasteiger partial charge in [0.2, 0.25) is 0 Å². The number of Topliss-reactive ketones (excluding diaryl/α,β-unsaturated/α-hetero) is 2. The molecule has 0 aromatic rings. The fourth-order valence-electron chi connectivity index (χ4n) is 1.85. The van der Waals surface area contributed by atoms with Crippen molar-refractivity contribution in [2.75, 3.05) is 0 Å². The fourth-order valence-corrected chi connectivity index (χ4v) is 1.85. The van der Waals surface area contributed by atoms with Gasteiger partial charge in [0.25, 0.3) is 0 Å². The Bertz CT molecular complexity index is 196. The molecule has 0 amide bonds. The molecule has 1 fully saturated rings. The number of hydrogen-bond donors (Lipinski definition) is 0. The average molecular weight is 182 g/mol. The Morgan fingerprint density at radius 1 is 1.54 bits per heavy atom. The second-order valence-electron chi connectivity index (χ2n) is 3.90. The highest BCUT2D eigenvalue weighted by Gasteiger charge is 2.24. The van der Waals surface area contributed by atoms with E-state index >= 15 is 0 Å². The molecule has 0 radical (unpaired) electrons. The fraction of sp³-hybridized carbons (Fsp3) is 0.818. The number of carbonyl (C=O) groups excluding carboxylic acids is 2. The van der Waals surface area contributed by atoms with Crippen LogP contribution in [0.2, 0.25) is 0 Å². The Morgan fingerprint density at radius 3 is 2.92 bits per heavy atom. The molecule has 0 aromatic carbocycles. The van der Waals surface area contributed by atoms with E-state index in [1.807, 2.05) is 0 Å². The largest absolute Gasteiger partial charge is 0.300 e. The van der Waals surface area contributed by atoms with Crippen molar-refractivity contribution in [2.45, 2.75) is 51.9 Å². The maximum atomic E-state index is 11.6. The van der Waals surface area contributed by atoms with Crippen LogP contribution in [0, 0.1) is 5.92 Å². The Kier molecular flexibility index (Phi) is 4.13. The molecule has 0 bridgehead atoms.